The van der Waals surface area contributed by atoms with E-state index in [0.717, 1.165) is 25.8 Å². The molecule has 1 fully saturated rings. The molecule has 1 saturated heterocycles. The van der Waals surface area contributed by atoms with Crippen LogP contribution in [0, 0.1) is 5.82 Å². The quantitative estimate of drug-likeness (QED) is 0.850. The first kappa shape index (κ1) is 15.3. The predicted octanol–water partition coefficient (Wildman–Crippen LogP) is 2.65. The number of thioether (sulfide) groups is 1. The van der Waals surface area contributed by atoms with E-state index in [1.165, 1.54) is 17.8 Å². The van der Waals surface area contributed by atoms with E-state index in [0.29, 0.717) is 23.6 Å². The molecule has 1 aromatic carbocycles. The number of nitrogens with zero attached hydrogens (tertiary/aromatic N) is 1. The lowest BCUT2D eigenvalue weighted by molar-refractivity contribution is -0.134. The minimum Gasteiger partial charge on any atom is -0.338 e. The second-order valence-corrected chi connectivity index (χ2v) is 6.14. The van der Waals surface area contributed by atoms with Crippen LogP contribution in [0.4, 0.5) is 4.39 Å². The molecule has 1 aliphatic rings. The van der Waals surface area contributed by atoms with Crippen LogP contribution < -0.4 is 5.73 Å². The van der Waals surface area contributed by atoms with Gasteiger partial charge in [-0.15, -0.1) is 11.8 Å². The Bertz CT molecular complexity index is 455. The fourth-order valence-electron chi connectivity index (χ4n) is 2.53. The standard InChI is InChI=1S/C15H21FN2OS/c16-13-6-1-2-7-14(13)20-10-8-15(19)18-9-4-3-5-12(18)11-17/h1-2,6-7,12H,3-5,8-11,17H2. The Morgan fingerprint density at radius 2 is 2.20 bits per heavy atom. The highest BCUT2D eigenvalue weighted by atomic mass is 32.2. The summed E-state index contributed by atoms with van der Waals surface area (Å²) in [6, 6.07) is 6.86. The minimum absolute atomic E-state index is 0.143. The molecule has 0 aliphatic carbocycles. The molecule has 1 heterocycles. The zero-order valence-electron chi connectivity index (χ0n) is 11.6. The van der Waals surface area contributed by atoms with Crippen LogP contribution in [0.5, 0.6) is 0 Å². The number of piperidine rings is 1. The number of hydrogen-bond acceptors (Lipinski definition) is 3. The molecule has 0 aromatic heterocycles. The normalized spacial score (nSPS) is 19.1. The van der Waals surface area contributed by atoms with E-state index in [1.807, 2.05) is 11.0 Å². The van der Waals surface area contributed by atoms with Crippen molar-refractivity contribution in [3.63, 3.8) is 0 Å². The van der Waals surface area contributed by atoms with Gasteiger partial charge in [0.1, 0.15) is 5.82 Å². The summed E-state index contributed by atoms with van der Waals surface area (Å²) < 4.78 is 13.5. The molecule has 0 saturated carbocycles. The smallest absolute Gasteiger partial charge is 0.223 e. The molecular formula is C15H21FN2OS. The van der Waals surface area contributed by atoms with Crippen LogP contribution in [0.1, 0.15) is 25.7 Å². The Morgan fingerprint density at radius 3 is 2.95 bits per heavy atom. The average Bonchev–Trinajstić information content (AvgIpc) is 2.49. The fraction of sp³-hybridized carbons (Fsp3) is 0.533. The van der Waals surface area contributed by atoms with Gasteiger partial charge in [-0.3, -0.25) is 4.79 Å². The van der Waals surface area contributed by atoms with Crippen LogP contribution in [0.25, 0.3) is 0 Å². The van der Waals surface area contributed by atoms with E-state index in [9.17, 15) is 9.18 Å². The van der Waals surface area contributed by atoms with Gasteiger partial charge in [-0.25, -0.2) is 4.39 Å². The Labute approximate surface area is 123 Å². The van der Waals surface area contributed by atoms with Gasteiger partial charge in [0, 0.05) is 36.2 Å². The number of benzene rings is 1. The summed E-state index contributed by atoms with van der Waals surface area (Å²) in [4.78, 5) is 14.7. The summed E-state index contributed by atoms with van der Waals surface area (Å²) in [5, 5.41) is 0. The average molecular weight is 296 g/mol. The molecule has 1 unspecified atom stereocenters. The number of hydrogen-bond donors (Lipinski definition) is 1. The van der Waals surface area contributed by atoms with Gasteiger partial charge in [0.05, 0.1) is 0 Å². The topological polar surface area (TPSA) is 46.3 Å². The van der Waals surface area contributed by atoms with Gasteiger partial charge in [0.2, 0.25) is 5.91 Å². The molecule has 2 N–H and O–H groups in total. The maximum atomic E-state index is 13.5. The monoisotopic (exact) mass is 296 g/mol. The number of amides is 1. The molecule has 1 amide bonds. The van der Waals surface area contributed by atoms with Crippen molar-refractivity contribution in [1.29, 1.82) is 0 Å². The Kier molecular flexibility index (Phi) is 5.86. The highest BCUT2D eigenvalue weighted by Gasteiger charge is 2.24. The molecule has 1 aliphatic heterocycles. The number of halogens is 1. The van der Waals surface area contributed by atoms with E-state index in [-0.39, 0.29) is 17.8 Å². The lowest BCUT2D eigenvalue weighted by Crippen LogP contribution is -2.47. The van der Waals surface area contributed by atoms with Gasteiger partial charge in [0.25, 0.3) is 0 Å². The third-order valence-electron chi connectivity index (χ3n) is 3.63. The fourth-order valence-corrected chi connectivity index (χ4v) is 3.40. The molecule has 3 nitrogen and oxygen atoms in total. The summed E-state index contributed by atoms with van der Waals surface area (Å²) in [6.45, 7) is 1.34. The number of carbonyl (C=O) groups excluding carboxylic acids is 1. The molecule has 0 spiro atoms. The minimum atomic E-state index is -0.220. The van der Waals surface area contributed by atoms with Gasteiger partial charge in [-0.05, 0) is 31.4 Å². The number of rotatable bonds is 5. The van der Waals surface area contributed by atoms with Gasteiger partial charge in [-0.1, -0.05) is 12.1 Å². The molecule has 1 aromatic rings. The number of carbonyl (C=O) groups is 1. The van der Waals surface area contributed by atoms with Crippen molar-refractivity contribution in [1.82, 2.24) is 4.90 Å². The second-order valence-electron chi connectivity index (χ2n) is 5.00. The van der Waals surface area contributed by atoms with Crippen LogP contribution in [0.2, 0.25) is 0 Å². The van der Waals surface area contributed by atoms with Gasteiger partial charge >= 0.3 is 0 Å². The molecule has 0 radical (unpaired) electrons. The highest BCUT2D eigenvalue weighted by molar-refractivity contribution is 7.99. The molecule has 0 bridgehead atoms. The molecule has 110 valence electrons. The molecular weight excluding hydrogens is 275 g/mol. The van der Waals surface area contributed by atoms with Crippen molar-refractivity contribution in [3.8, 4) is 0 Å². The summed E-state index contributed by atoms with van der Waals surface area (Å²) in [6.07, 6.45) is 3.65. The van der Waals surface area contributed by atoms with Gasteiger partial charge < -0.3 is 10.6 Å². The van der Waals surface area contributed by atoms with Gasteiger partial charge in [-0.2, -0.15) is 0 Å². The lowest BCUT2D eigenvalue weighted by atomic mass is 10.0. The maximum absolute atomic E-state index is 13.5. The van der Waals surface area contributed by atoms with Crippen molar-refractivity contribution in [3.05, 3.63) is 30.1 Å². The third-order valence-corrected chi connectivity index (χ3v) is 4.68. The first-order valence-electron chi connectivity index (χ1n) is 7.09. The number of likely N-dealkylation sites (tertiary alicyclic amines) is 1. The second kappa shape index (κ2) is 7.64. The molecule has 1 atom stereocenters. The Balaban J connectivity index is 1.81. The van der Waals surface area contributed by atoms with Crippen molar-refractivity contribution in [2.45, 2.75) is 36.6 Å². The highest BCUT2D eigenvalue weighted by Crippen LogP contribution is 2.23. The van der Waals surface area contributed by atoms with E-state index in [2.05, 4.69) is 0 Å². The first-order chi connectivity index (χ1) is 9.72. The number of nitrogens with two attached hydrogens (primary N) is 1. The summed E-state index contributed by atoms with van der Waals surface area (Å²) in [7, 11) is 0. The zero-order chi connectivity index (χ0) is 14.4. The van der Waals surface area contributed by atoms with E-state index in [1.54, 1.807) is 12.1 Å². The van der Waals surface area contributed by atoms with Gasteiger partial charge in [0.15, 0.2) is 0 Å². The molecule has 20 heavy (non-hydrogen) atoms. The van der Waals surface area contributed by atoms with E-state index >= 15 is 0 Å². The Hall–Kier alpha value is -1.07. The SMILES string of the molecule is NCC1CCCCN1C(=O)CCSc1ccccc1F. The molecule has 2 rings (SSSR count). The Morgan fingerprint density at radius 1 is 1.40 bits per heavy atom. The zero-order valence-corrected chi connectivity index (χ0v) is 12.4. The van der Waals surface area contributed by atoms with Crippen LogP contribution in [0.15, 0.2) is 29.2 Å². The predicted molar refractivity (Wildman–Crippen MR) is 80.1 cm³/mol. The summed E-state index contributed by atoms with van der Waals surface area (Å²) >= 11 is 1.39. The summed E-state index contributed by atoms with van der Waals surface area (Å²) in [5.41, 5.74) is 5.72. The van der Waals surface area contributed by atoms with E-state index in [4.69, 9.17) is 5.73 Å². The van der Waals surface area contributed by atoms with Crippen molar-refractivity contribution in [2.24, 2.45) is 5.73 Å². The lowest BCUT2D eigenvalue weighted by Gasteiger charge is -2.35. The van der Waals surface area contributed by atoms with Crippen molar-refractivity contribution < 1.29 is 9.18 Å². The van der Waals surface area contributed by atoms with E-state index < -0.39 is 0 Å². The van der Waals surface area contributed by atoms with Crippen LogP contribution in [-0.2, 0) is 4.79 Å². The van der Waals surface area contributed by atoms with Crippen LogP contribution in [-0.4, -0.2) is 35.7 Å². The van der Waals surface area contributed by atoms with Crippen LogP contribution >= 0.6 is 11.8 Å². The first-order valence-corrected chi connectivity index (χ1v) is 8.08. The largest absolute Gasteiger partial charge is 0.338 e. The maximum Gasteiger partial charge on any atom is 0.223 e. The van der Waals surface area contributed by atoms with Crippen LogP contribution in [0.3, 0.4) is 0 Å². The van der Waals surface area contributed by atoms with Crippen molar-refractivity contribution in [2.75, 3.05) is 18.8 Å². The third kappa shape index (κ3) is 3.96. The van der Waals surface area contributed by atoms with Crippen molar-refractivity contribution >= 4 is 17.7 Å². The molecule has 5 heteroatoms. The summed E-state index contributed by atoms with van der Waals surface area (Å²) in [5.74, 6) is 0.528.